The first-order chi connectivity index (χ1) is 10.1. The normalized spacial score (nSPS) is 12.1. The van der Waals surface area contributed by atoms with Gasteiger partial charge in [-0.2, -0.15) is 0 Å². The van der Waals surface area contributed by atoms with Gasteiger partial charge in [-0.15, -0.1) is 10.2 Å². The maximum Gasteiger partial charge on any atom is 0.237 e. The fourth-order valence-corrected chi connectivity index (χ4v) is 2.73. The molecule has 1 amide bonds. The number of nitrogens with one attached hydrogen (secondary N) is 1. The summed E-state index contributed by atoms with van der Waals surface area (Å²) in [6.45, 7) is 4.88. The van der Waals surface area contributed by atoms with Crippen LogP contribution in [-0.4, -0.2) is 32.5 Å². The number of carbonyl (C=O) groups is 1. The average molecular weight is 305 g/mol. The molecule has 1 unspecified atom stereocenters. The third-order valence-corrected chi connectivity index (χ3v) is 4.03. The number of nitrogens with two attached hydrogens (primary N) is 1. The molecule has 0 aliphatic heterocycles. The van der Waals surface area contributed by atoms with E-state index in [0.717, 1.165) is 11.5 Å². The average Bonchev–Trinajstić information content (AvgIpc) is 2.82. The molecule has 2 rings (SSSR count). The number of rotatable bonds is 6. The van der Waals surface area contributed by atoms with Gasteiger partial charge in [0.05, 0.1) is 5.25 Å². The van der Waals surface area contributed by atoms with Crippen LogP contribution in [0, 0.1) is 6.92 Å². The number of aromatic nitrogens is 3. The van der Waals surface area contributed by atoms with Crippen LogP contribution in [0.2, 0.25) is 0 Å². The molecule has 21 heavy (non-hydrogen) atoms. The number of para-hydroxylation sites is 1. The third kappa shape index (κ3) is 4.05. The van der Waals surface area contributed by atoms with Gasteiger partial charge in [-0.25, -0.2) is 0 Å². The van der Waals surface area contributed by atoms with E-state index in [9.17, 15) is 4.79 Å². The van der Waals surface area contributed by atoms with Crippen molar-refractivity contribution in [3.63, 3.8) is 0 Å². The number of carbonyl (C=O) groups excluding carboxylic acids is 1. The van der Waals surface area contributed by atoms with Crippen molar-refractivity contribution in [1.82, 2.24) is 14.8 Å². The van der Waals surface area contributed by atoms with Crippen LogP contribution in [-0.2, 0) is 11.3 Å². The smallest absolute Gasteiger partial charge is 0.237 e. The molecule has 7 heteroatoms. The Morgan fingerprint density at radius 3 is 2.76 bits per heavy atom. The predicted molar refractivity (Wildman–Crippen MR) is 84.2 cm³/mol. The van der Waals surface area contributed by atoms with Crippen molar-refractivity contribution in [3.8, 4) is 0 Å². The topological polar surface area (TPSA) is 85.8 Å². The first-order valence-electron chi connectivity index (χ1n) is 6.74. The van der Waals surface area contributed by atoms with Gasteiger partial charge in [0, 0.05) is 18.8 Å². The molecule has 6 nitrogen and oxygen atoms in total. The lowest BCUT2D eigenvalue weighted by molar-refractivity contribution is -0.115. The number of thioether (sulfide) groups is 1. The molecule has 1 aromatic heterocycles. The van der Waals surface area contributed by atoms with Gasteiger partial charge in [0.2, 0.25) is 5.91 Å². The number of nitrogens with zero attached hydrogens (tertiary/aromatic N) is 3. The minimum absolute atomic E-state index is 0.0637. The minimum atomic E-state index is -0.273. The highest BCUT2D eigenvalue weighted by atomic mass is 32.2. The van der Waals surface area contributed by atoms with E-state index in [1.165, 1.54) is 11.8 Å². The lowest BCUT2D eigenvalue weighted by Gasteiger charge is -2.12. The van der Waals surface area contributed by atoms with Crippen LogP contribution in [0.1, 0.15) is 12.7 Å². The summed E-state index contributed by atoms with van der Waals surface area (Å²) in [4.78, 5) is 12.2. The summed E-state index contributed by atoms with van der Waals surface area (Å²) in [5, 5.41) is 11.5. The van der Waals surface area contributed by atoms with E-state index < -0.39 is 0 Å². The lowest BCUT2D eigenvalue weighted by Crippen LogP contribution is -2.23. The Bertz CT molecular complexity index is 599. The summed E-state index contributed by atoms with van der Waals surface area (Å²) in [5.41, 5.74) is 6.37. The van der Waals surface area contributed by atoms with Gasteiger partial charge < -0.3 is 15.6 Å². The summed E-state index contributed by atoms with van der Waals surface area (Å²) in [6, 6.07) is 9.39. The van der Waals surface area contributed by atoms with Crippen molar-refractivity contribution in [2.45, 2.75) is 30.8 Å². The summed E-state index contributed by atoms with van der Waals surface area (Å²) in [7, 11) is 0. The molecule has 0 spiro atoms. The maximum atomic E-state index is 12.2. The molecule has 1 heterocycles. The number of anilines is 1. The second-order valence-electron chi connectivity index (χ2n) is 4.59. The summed E-state index contributed by atoms with van der Waals surface area (Å²) in [6.07, 6.45) is 0. The number of aryl methyl sites for hydroxylation is 1. The molecule has 0 fully saturated rings. The monoisotopic (exact) mass is 305 g/mol. The standard InChI is InChI=1S/C14H19N5OS/c1-10(13(20)16-12-6-4-3-5-7-12)21-14-18-17-11(2)19(14)9-8-15/h3-7,10H,8-9,15H2,1-2H3,(H,16,20). The van der Waals surface area contributed by atoms with Crippen LogP contribution < -0.4 is 11.1 Å². The fourth-order valence-electron chi connectivity index (χ4n) is 1.81. The molecule has 0 saturated carbocycles. The zero-order valence-electron chi connectivity index (χ0n) is 12.1. The Morgan fingerprint density at radius 2 is 2.10 bits per heavy atom. The highest BCUT2D eigenvalue weighted by Crippen LogP contribution is 2.23. The van der Waals surface area contributed by atoms with Crippen LogP contribution in [0.25, 0.3) is 0 Å². The molecule has 3 N–H and O–H groups in total. The van der Waals surface area contributed by atoms with Crippen molar-refractivity contribution in [2.75, 3.05) is 11.9 Å². The maximum absolute atomic E-state index is 12.2. The van der Waals surface area contributed by atoms with E-state index in [-0.39, 0.29) is 11.2 Å². The quantitative estimate of drug-likeness (QED) is 0.793. The van der Waals surface area contributed by atoms with E-state index >= 15 is 0 Å². The van der Waals surface area contributed by atoms with E-state index in [2.05, 4.69) is 15.5 Å². The van der Waals surface area contributed by atoms with Gasteiger partial charge in [-0.3, -0.25) is 4.79 Å². The zero-order chi connectivity index (χ0) is 15.2. The Morgan fingerprint density at radius 1 is 1.38 bits per heavy atom. The van der Waals surface area contributed by atoms with Crippen LogP contribution in [0.5, 0.6) is 0 Å². The first kappa shape index (κ1) is 15.5. The molecule has 0 aliphatic carbocycles. The van der Waals surface area contributed by atoms with Crippen LogP contribution in [0.15, 0.2) is 35.5 Å². The summed E-state index contributed by atoms with van der Waals surface area (Å²) < 4.78 is 1.93. The van der Waals surface area contributed by atoms with Gasteiger partial charge >= 0.3 is 0 Å². The molecule has 112 valence electrons. The SMILES string of the molecule is Cc1nnc(SC(C)C(=O)Nc2ccccc2)n1CCN. The van der Waals surface area contributed by atoms with Crippen molar-refractivity contribution < 1.29 is 4.79 Å². The van der Waals surface area contributed by atoms with Gasteiger partial charge in [-0.05, 0) is 26.0 Å². The number of hydrogen-bond donors (Lipinski definition) is 2. The van der Waals surface area contributed by atoms with Crippen molar-refractivity contribution >= 4 is 23.4 Å². The third-order valence-electron chi connectivity index (χ3n) is 2.95. The van der Waals surface area contributed by atoms with Gasteiger partial charge in [0.1, 0.15) is 5.82 Å². The van der Waals surface area contributed by atoms with Crippen molar-refractivity contribution in [1.29, 1.82) is 0 Å². The van der Waals surface area contributed by atoms with Crippen molar-refractivity contribution in [3.05, 3.63) is 36.2 Å². The fraction of sp³-hybridized carbons (Fsp3) is 0.357. The van der Waals surface area contributed by atoms with Crippen LogP contribution in [0.3, 0.4) is 0 Å². The van der Waals surface area contributed by atoms with E-state index in [0.29, 0.717) is 18.2 Å². The molecule has 2 aromatic rings. The van der Waals surface area contributed by atoms with Gasteiger partial charge in [0.15, 0.2) is 5.16 Å². The number of hydrogen-bond acceptors (Lipinski definition) is 5. The molecular formula is C14H19N5OS. The van der Waals surface area contributed by atoms with E-state index in [1.54, 1.807) is 0 Å². The Balaban J connectivity index is 2.01. The summed E-state index contributed by atoms with van der Waals surface area (Å²) in [5.74, 6) is 0.741. The number of amides is 1. The van der Waals surface area contributed by atoms with Gasteiger partial charge in [-0.1, -0.05) is 30.0 Å². The molecule has 1 aromatic carbocycles. The van der Waals surface area contributed by atoms with Gasteiger partial charge in [0.25, 0.3) is 0 Å². The van der Waals surface area contributed by atoms with Crippen molar-refractivity contribution in [2.24, 2.45) is 5.73 Å². The van der Waals surface area contributed by atoms with E-state index in [4.69, 9.17) is 5.73 Å². The van der Waals surface area contributed by atoms with Crippen LogP contribution >= 0.6 is 11.8 Å². The lowest BCUT2D eigenvalue weighted by atomic mass is 10.3. The zero-order valence-corrected chi connectivity index (χ0v) is 12.9. The highest BCUT2D eigenvalue weighted by molar-refractivity contribution is 8.00. The van der Waals surface area contributed by atoms with E-state index in [1.807, 2.05) is 48.7 Å². The summed E-state index contributed by atoms with van der Waals surface area (Å²) >= 11 is 1.38. The Kier molecular flexibility index (Phi) is 5.35. The molecule has 0 bridgehead atoms. The molecule has 0 saturated heterocycles. The minimum Gasteiger partial charge on any atom is -0.329 e. The largest absolute Gasteiger partial charge is 0.329 e. The Labute approximate surface area is 128 Å². The Hall–Kier alpha value is -1.86. The van der Waals surface area contributed by atoms with Crippen LogP contribution in [0.4, 0.5) is 5.69 Å². The predicted octanol–water partition coefficient (Wildman–Crippen LogP) is 1.66. The second kappa shape index (κ2) is 7.24. The molecule has 0 radical (unpaired) electrons. The number of benzene rings is 1. The molecule has 0 aliphatic rings. The first-order valence-corrected chi connectivity index (χ1v) is 7.62. The molecule has 1 atom stereocenters. The second-order valence-corrected chi connectivity index (χ2v) is 5.89. The highest BCUT2D eigenvalue weighted by Gasteiger charge is 2.19. The molecular weight excluding hydrogens is 286 g/mol.